The largest absolute Gasteiger partial charge is 0.378 e. The average molecular weight is 390 g/mol. The first-order chi connectivity index (χ1) is 9.79. The van der Waals surface area contributed by atoms with Gasteiger partial charge >= 0.3 is 10.1 Å². The van der Waals surface area contributed by atoms with Gasteiger partial charge in [-0.05, 0) is 64.8 Å². The molecule has 0 atom stereocenters. The fourth-order valence-electron chi connectivity index (χ4n) is 1.56. The van der Waals surface area contributed by atoms with Crippen LogP contribution in [0.15, 0.2) is 51.8 Å². The number of benzene rings is 2. The smallest absolute Gasteiger partial charge is 0.339 e. The van der Waals surface area contributed by atoms with E-state index in [4.69, 9.17) is 15.8 Å². The summed E-state index contributed by atoms with van der Waals surface area (Å²) in [6, 6.07) is 10.5. The van der Waals surface area contributed by atoms with Gasteiger partial charge in [-0.3, -0.25) is 4.79 Å². The van der Waals surface area contributed by atoms with Crippen LogP contribution >= 0.6 is 27.5 Å². The van der Waals surface area contributed by atoms with Gasteiger partial charge < -0.3 is 4.18 Å². The summed E-state index contributed by atoms with van der Waals surface area (Å²) in [4.78, 5) is 11.1. The Balaban J connectivity index is 2.32. The second-order valence-corrected chi connectivity index (χ2v) is 7.01. The molecule has 0 N–H and O–H groups in total. The molecule has 0 radical (unpaired) electrons. The molecule has 7 heteroatoms. The summed E-state index contributed by atoms with van der Waals surface area (Å²) in [6.07, 6.45) is 0. The first kappa shape index (κ1) is 16.0. The SMILES string of the molecule is Cc1ccc(S(=O)(=O)Oc2ccc(C(=O)Cl)cc2Br)cc1. The molecule has 110 valence electrons. The molecule has 0 spiro atoms. The third-order valence-corrected chi connectivity index (χ3v) is 4.75. The van der Waals surface area contributed by atoms with Crippen LogP contribution in [0.5, 0.6) is 5.75 Å². The number of aryl methyl sites for hydroxylation is 1. The van der Waals surface area contributed by atoms with Crippen molar-refractivity contribution in [3.05, 3.63) is 58.1 Å². The highest BCUT2D eigenvalue weighted by Gasteiger charge is 2.18. The van der Waals surface area contributed by atoms with Crippen LogP contribution in [0.2, 0.25) is 0 Å². The third-order valence-electron chi connectivity index (χ3n) is 2.67. The summed E-state index contributed by atoms with van der Waals surface area (Å²) in [5.41, 5.74) is 1.18. The first-order valence-electron chi connectivity index (χ1n) is 5.80. The van der Waals surface area contributed by atoms with Crippen LogP contribution in [0.3, 0.4) is 0 Å². The van der Waals surface area contributed by atoms with E-state index in [1.54, 1.807) is 12.1 Å². The molecule has 21 heavy (non-hydrogen) atoms. The molecule has 0 saturated carbocycles. The Kier molecular flexibility index (Phi) is 4.70. The van der Waals surface area contributed by atoms with E-state index in [0.29, 0.717) is 4.47 Å². The molecule has 0 unspecified atom stereocenters. The zero-order chi connectivity index (χ0) is 15.6. The maximum atomic E-state index is 12.1. The number of carbonyl (C=O) groups is 1. The molecule has 2 aromatic rings. The Labute approximate surface area is 135 Å². The van der Waals surface area contributed by atoms with E-state index in [0.717, 1.165) is 5.56 Å². The van der Waals surface area contributed by atoms with Gasteiger partial charge in [-0.15, -0.1) is 0 Å². The van der Waals surface area contributed by atoms with E-state index in [2.05, 4.69) is 15.9 Å². The van der Waals surface area contributed by atoms with Crippen LogP contribution in [0.4, 0.5) is 0 Å². The van der Waals surface area contributed by atoms with Crippen LogP contribution < -0.4 is 4.18 Å². The highest BCUT2D eigenvalue weighted by atomic mass is 79.9. The van der Waals surface area contributed by atoms with E-state index >= 15 is 0 Å². The van der Waals surface area contributed by atoms with Gasteiger partial charge in [-0.1, -0.05) is 17.7 Å². The van der Waals surface area contributed by atoms with Gasteiger partial charge in [0.15, 0.2) is 5.75 Å². The zero-order valence-corrected chi connectivity index (χ0v) is 14.0. The second kappa shape index (κ2) is 6.17. The minimum atomic E-state index is -3.93. The average Bonchev–Trinajstić information content (AvgIpc) is 2.41. The molecular weight excluding hydrogens is 380 g/mol. The molecule has 2 rings (SSSR count). The monoisotopic (exact) mass is 388 g/mol. The summed E-state index contributed by atoms with van der Waals surface area (Å²) in [5, 5.41) is -0.636. The van der Waals surface area contributed by atoms with Crippen LogP contribution in [0.1, 0.15) is 15.9 Å². The van der Waals surface area contributed by atoms with Crippen molar-refractivity contribution in [3.63, 3.8) is 0 Å². The number of halogens is 2. The van der Waals surface area contributed by atoms with Crippen molar-refractivity contribution < 1.29 is 17.4 Å². The lowest BCUT2D eigenvalue weighted by atomic mass is 10.2. The van der Waals surface area contributed by atoms with Gasteiger partial charge in [0.05, 0.1) is 4.47 Å². The lowest BCUT2D eigenvalue weighted by Gasteiger charge is -2.09. The third kappa shape index (κ3) is 3.84. The lowest BCUT2D eigenvalue weighted by Crippen LogP contribution is -2.10. The molecule has 2 aromatic carbocycles. The first-order valence-corrected chi connectivity index (χ1v) is 8.38. The molecule has 0 bridgehead atoms. The summed E-state index contributed by atoms with van der Waals surface area (Å²) in [5.74, 6) is 0.0808. The van der Waals surface area contributed by atoms with Crippen molar-refractivity contribution in [2.45, 2.75) is 11.8 Å². The molecule has 4 nitrogen and oxygen atoms in total. The summed E-state index contributed by atoms with van der Waals surface area (Å²) < 4.78 is 29.7. The highest BCUT2D eigenvalue weighted by Crippen LogP contribution is 2.29. The van der Waals surface area contributed by atoms with E-state index in [1.165, 1.54) is 30.3 Å². The molecule has 0 aliphatic heterocycles. The maximum Gasteiger partial charge on any atom is 0.339 e. The Morgan fingerprint density at radius 2 is 1.76 bits per heavy atom. The molecular formula is C14H10BrClO4S. The van der Waals surface area contributed by atoms with E-state index in [9.17, 15) is 13.2 Å². The number of hydrogen-bond acceptors (Lipinski definition) is 4. The van der Waals surface area contributed by atoms with Crippen molar-refractivity contribution in [2.24, 2.45) is 0 Å². The molecule has 0 saturated heterocycles. The molecule has 0 heterocycles. The summed E-state index contributed by atoms with van der Waals surface area (Å²) in [7, 11) is -3.93. The molecule has 0 aliphatic carbocycles. The number of hydrogen-bond donors (Lipinski definition) is 0. The topological polar surface area (TPSA) is 60.4 Å². The molecule has 0 aromatic heterocycles. The fourth-order valence-corrected chi connectivity index (χ4v) is 3.19. The van der Waals surface area contributed by atoms with Gasteiger partial charge in [0.2, 0.25) is 0 Å². The van der Waals surface area contributed by atoms with E-state index in [1.807, 2.05) is 6.92 Å². The van der Waals surface area contributed by atoms with Crippen molar-refractivity contribution >= 4 is 42.9 Å². The fraction of sp³-hybridized carbons (Fsp3) is 0.0714. The predicted molar refractivity (Wildman–Crippen MR) is 83.3 cm³/mol. The van der Waals surface area contributed by atoms with Crippen LogP contribution in [0.25, 0.3) is 0 Å². The van der Waals surface area contributed by atoms with E-state index < -0.39 is 15.4 Å². The molecule has 0 amide bonds. The number of carbonyl (C=O) groups excluding carboxylic acids is 1. The quantitative estimate of drug-likeness (QED) is 0.588. The summed E-state index contributed by atoms with van der Waals surface area (Å²) in [6.45, 7) is 1.86. The van der Waals surface area contributed by atoms with Gasteiger partial charge in [-0.2, -0.15) is 8.42 Å². The molecule has 0 aliphatic rings. The maximum absolute atomic E-state index is 12.1. The Bertz CT molecular complexity index is 785. The van der Waals surface area contributed by atoms with Crippen molar-refractivity contribution in [1.82, 2.24) is 0 Å². The van der Waals surface area contributed by atoms with Gasteiger partial charge in [0, 0.05) is 5.56 Å². The Hall–Kier alpha value is -1.37. The normalized spacial score (nSPS) is 11.2. The highest BCUT2D eigenvalue weighted by molar-refractivity contribution is 9.10. The van der Waals surface area contributed by atoms with Crippen LogP contribution in [0, 0.1) is 6.92 Å². The van der Waals surface area contributed by atoms with Crippen molar-refractivity contribution in [1.29, 1.82) is 0 Å². The standard InChI is InChI=1S/C14H10BrClO4S/c1-9-2-5-11(6-3-9)21(18,19)20-13-7-4-10(14(16)17)8-12(13)15/h2-8H,1H3. The minimum absolute atomic E-state index is 0.0532. The summed E-state index contributed by atoms with van der Waals surface area (Å²) >= 11 is 8.50. The van der Waals surface area contributed by atoms with Crippen LogP contribution in [-0.2, 0) is 10.1 Å². The van der Waals surface area contributed by atoms with Gasteiger partial charge in [0.1, 0.15) is 4.90 Å². The Morgan fingerprint density at radius 3 is 2.29 bits per heavy atom. The van der Waals surface area contributed by atoms with E-state index in [-0.39, 0.29) is 16.2 Å². The van der Waals surface area contributed by atoms with Crippen molar-refractivity contribution in [3.8, 4) is 5.75 Å². The van der Waals surface area contributed by atoms with Crippen molar-refractivity contribution in [2.75, 3.05) is 0 Å². The zero-order valence-electron chi connectivity index (χ0n) is 10.8. The minimum Gasteiger partial charge on any atom is -0.378 e. The lowest BCUT2D eigenvalue weighted by molar-refractivity contribution is 0.108. The predicted octanol–water partition coefficient (Wildman–Crippen LogP) is 3.90. The number of rotatable bonds is 4. The Morgan fingerprint density at radius 1 is 1.14 bits per heavy atom. The second-order valence-electron chi connectivity index (χ2n) is 4.27. The van der Waals surface area contributed by atoms with Gasteiger partial charge in [0.25, 0.3) is 5.24 Å². The van der Waals surface area contributed by atoms with Gasteiger partial charge in [-0.25, -0.2) is 0 Å². The molecule has 0 fully saturated rings. The van der Waals surface area contributed by atoms with Crippen LogP contribution in [-0.4, -0.2) is 13.7 Å².